The van der Waals surface area contributed by atoms with Crippen LogP contribution in [0.1, 0.15) is 26.6 Å². The fourth-order valence-corrected chi connectivity index (χ4v) is 3.78. The third-order valence-electron chi connectivity index (χ3n) is 5.40. The van der Waals surface area contributed by atoms with Crippen LogP contribution in [0.15, 0.2) is 59.3 Å². The Hall–Kier alpha value is -3.52. The van der Waals surface area contributed by atoms with Gasteiger partial charge in [-0.3, -0.25) is 14.4 Å². The summed E-state index contributed by atoms with van der Waals surface area (Å²) in [6, 6.07) is 12.0. The third-order valence-corrected chi connectivity index (χ3v) is 5.81. The molecular formula is C23H23ClN4O4. The molecule has 0 bridgehead atoms. The minimum atomic E-state index is -0.260. The van der Waals surface area contributed by atoms with E-state index >= 15 is 0 Å². The molecule has 0 saturated carbocycles. The summed E-state index contributed by atoms with van der Waals surface area (Å²) < 4.78 is 6.79. The van der Waals surface area contributed by atoms with Gasteiger partial charge in [-0.1, -0.05) is 17.7 Å². The quantitative estimate of drug-likeness (QED) is 0.640. The lowest BCUT2D eigenvalue weighted by Gasteiger charge is -2.34. The van der Waals surface area contributed by atoms with Crippen LogP contribution in [0.5, 0.6) is 0 Å². The van der Waals surface area contributed by atoms with Gasteiger partial charge in [0, 0.05) is 43.1 Å². The average molecular weight is 455 g/mol. The Kier molecular flexibility index (Phi) is 6.32. The molecule has 1 aromatic carbocycles. The number of amides is 3. The van der Waals surface area contributed by atoms with Gasteiger partial charge in [0.15, 0.2) is 5.76 Å². The van der Waals surface area contributed by atoms with Crippen LogP contribution >= 0.6 is 11.6 Å². The number of aryl methyl sites for hydroxylation is 1. The van der Waals surface area contributed by atoms with Gasteiger partial charge in [-0.25, -0.2) is 0 Å². The normalized spacial score (nSPS) is 13.8. The molecule has 1 aliphatic heterocycles. The summed E-state index contributed by atoms with van der Waals surface area (Å²) in [6.07, 6.45) is 3.16. The van der Waals surface area contributed by atoms with Crippen LogP contribution in [0.3, 0.4) is 0 Å². The summed E-state index contributed by atoms with van der Waals surface area (Å²) in [5.74, 6) is -0.326. The minimum Gasteiger partial charge on any atom is -0.459 e. The molecule has 1 saturated heterocycles. The molecule has 1 fully saturated rings. The Morgan fingerprint density at radius 3 is 2.38 bits per heavy atom. The van der Waals surface area contributed by atoms with Gasteiger partial charge in [-0.05, 0) is 48.9 Å². The highest BCUT2D eigenvalue weighted by Crippen LogP contribution is 2.20. The monoisotopic (exact) mass is 454 g/mol. The molecule has 0 aliphatic carbocycles. The first kappa shape index (κ1) is 21.7. The van der Waals surface area contributed by atoms with Gasteiger partial charge in [0.2, 0.25) is 5.91 Å². The van der Waals surface area contributed by atoms with Gasteiger partial charge in [0.05, 0.1) is 6.26 Å². The maximum atomic E-state index is 13.0. The van der Waals surface area contributed by atoms with Crippen LogP contribution in [0.4, 0.5) is 5.69 Å². The molecule has 3 aromatic rings. The Morgan fingerprint density at radius 1 is 1.00 bits per heavy atom. The average Bonchev–Trinajstić information content (AvgIpc) is 3.48. The van der Waals surface area contributed by atoms with Gasteiger partial charge in [0.25, 0.3) is 11.8 Å². The van der Waals surface area contributed by atoms with E-state index < -0.39 is 0 Å². The summed E-state index contributed by atoms with van der Waals surface area (Å²) >= 11 is 6.12. The lowest BCUT2D eigenvalue weighted by Crippen LogP contribution is -2.50. The number of carbonyl (C=O) groups excluding carboxylic acids is 3. The second-order valence-electron chi connectivity index (χ2n) is 7.60. The van der Waals surface area contributed by atoms with Crippen LogP contribution in [0.2, 0.25) is 5.02 Å². The molecular weight excluding hydrogens is 432 g/mol. The SMILES string of the molecule is Cc1ccc(NC(=O)Cn2cccc2C(=O)N2CCN(C(=O)c3ccco3)CC2)cc1Cl. The molecule has 32 heavy (non-hydrogen) atoms. The molecule has 0 radical (unpaired) electrons. The van der Waals surface area contributed by atoms with E-state index in [-0.39, 0.29) is 24.3 Å². The molecule has 4 rings (SSSR count). The smallest absolute Gasteiger partial charge is 0.289 e. The zero-order valence-electron chi connectivity index (χ0n) is 17.6. The van der Waals surface area contributed by atoms with E-state index in [0.717, 1.165) is 5.56 Å². The second kappa shape index (κ2) is 9.32. The van der Waals surface area contributed by atoms with Gasteiger partial charge in [0.1, 0.15) is 12.2 Å². The van der Waals surface area contributed by atoms with Crippen LogP contribution < -0.4 is 5.32 Å². The molecule has 8 nitrogen and oxygen atoms in total. The number of halogens is 1. The maximum absolute atomic E-state index is 13.0. The zero-order chi connectivity index (χ0) is 22.7. The number of piperazine rings is 1. The third kappa shape index (κ3) is 4.70. The first-order chi connectivity index (χ1) is 15.4. The highest BCUT2D eigenvalue weighted by molar-refractivity contribution is 6.31. The lowest BCUT2D eigenvalue weighted by molar-refractivity contribution is -0.116. The minimum absolute atomic E-state index is 0.00346. The lowest BCUT2D eigenvalue weighted by atomic mass is 10.2. The molecule has 3 heterocycles. The zero-order valence-corrected chi connectivity index (χ0v) is 18.3. The molecule has 0 unspecified atom stereocenters. The molecule has 9 heteroatoms. The van der Waals surface area contributed by atoms with E-state index in [2.05, 4.69) is 5.32 Å². The largest absolute Gasteiger partial charge is 0.459 e. The van der Waals surface area contributed by atoms with Crippen molar-refractivity contribution in [3.8, 4) is 0 Å². The van der Waals surface area contributed by atoms with Crippen LogP contribution in [0.25, 0.3) is 0 Å². The summed E-state index contributed by atoms with van der Waals surface area (Å²) in [5.41, 5.74) is 1.95. The Labute approximate surface area is 190 Å². The van der Waals surface area contributed by atoms with Crippen LogP contribution in [-0.2, 0) is 11.3 Å². The van der Waals surface area contributed by atoms with Crippen molar-refractivity contribution < 1.29 is 18.8 Å². The topological polar surface area (TPSA) is 87.8 Å². The number of hydrogen-bond donors (Lipinski definition) is 1. The predicted molar refractivity (Wildman–Crippen MR) is 120 cm³/mol. The maximum Gasteiger partial charge on any atom is 0.289 e. The summed E-state index contributed by atoms with van der Waals surface area (Å²) in [4.78, 5) is 41.3. The fourth-order valence-electron chi connectivity index (χ4n) is 3.60. The van der Waals surface area contributed by atoms with Crippen molar-refractivity contribution in [3.05, 3.63) is 77.0 Å². The number of nitrogens with zero attached hydrogens (tertiary/aromatic N) is 3. The number of hydrogen-bond acceptors (Lipinski definition) is 4. The molecule has 2 aromatic heterocycles. The number of carbonyl (C=O) groups is 3. The number of benzene rings is 1. The number of nitrogens with one attached hydrogen (secondary N) is 1. The molecule has 1 aliphatic rings. The van der Waals surface area contributed by atoms with Crippen molar-refractivity contribution in [1.82, 2.24) is 14.4 Å². The Morgan fingerprint density at radius 2 is 1.72 bits per heavy atom. The van der Waals surface area contributed by atoms with E-state index in [1.165, 1.54) is 6.26 Å². The van der Waals surface area contributed by atoms with Gasteiger partial charge in [-0.2, -0.15) is 0 Å². The first-order valence-corrected chi connectivity index (χ1v) is 10.6. The van der Waals surface area contributed by atoms with Crippen LogP contribution in [-0.4, -0.2) is 58.3 Å². The van der Waals surface area contributed by atoms with E-state index in [0.29, 0.717) is 48.3 Å². The van der Waals surface area contributed by atoms with Crippen molar-refractivity contribution >= 4 is 35.0 Å². The number of aromatic nitrogens is 1. The van der Waals surface area contributed by atoms with Gasteiger partial charge < -0.3 is 24.1 Å². The van der Waals surface area contributed by atoms with E-state index in [9.17, 15) is 14.4 Å². The highest BCUT2D eigenvalue weighted by atomic mass is 35.5. The Balaban J connectivity index is 1.35. The number of rotatable bonds is 5. The highest BCUT2D eigenvalue weighted by Gasteiger charge is 2.27. The first-order valence-electron chi connectivity index (χ1n) is 10.3. The molecule has 0 atom stereocenters. The molecule has 166 valence electrons. The standard InChI is InChI=1S/C23H23ClN4O4/c1-16-6-7-17(14-18(16)24)25-21(29)15-28-8-2-4-19(28)22(30)26-9-11-27(12-10-26)23(31)20-5-3-13-32-20/h2-8,13-14H,9-12,15H2,1H3,(H,25,29). The van der Waals surface area contributed by atoms with E-state index in [1.807, 2.05) is 13.0 Å². The molecule has 1 N–H and O–H groups in total. The molecule has 3 amide bonds. The van der Waals surface area contributed by atoms with Crippen molar-refractivity contribution in [2.75, 3.05) is 31.5 Å². The van der Waals surface area contributed by atoms with Gasteiger partial charge >= 0.3 is 0 Å². The fraction of sp³-hybridized carbons (Fsp3) is 0.261. The van der Waals surface area contributed by atoms with E-state index in [1.54, 1.807) is 57.0 Å². The van der Waals surface area contributed by atoms with Crippen molar-refractivity contribution in [2.24, 2.45) is 0 Å². The number of furan rings is 1. The second-order valence-corrected chi connectivity index (χ2v) is 8.00. The summed E-state index contributed by atoms with van der Waals surface area (Å²) in [5, 5.41) is 3.38. The van der Waals surface area contributed by atoms with Crippen molar-refractivity contribution in [3.63, 3.8) is 0 Å². The van der Waals surface area contributed by atoms with Crippen molar-refractivity contribution in [2.45, 2.75) is 13.5 Å². The van der Waals surface area contributed by atoms with Crippen molar-refractivity contribution in [1.29, 1.82) is 0 Å². The van der Waals surface area contributed by atoms with E-state index in [4.69, 9.17) is 16.0 Å². The Bertz CT molecular complexity index is 1130. The predicted octanol–water partition coefficient (Wildman–Crippen LogP) is 3.28. The summed E-state index contributed by atoms with van der Waals surface area (Å²) in [6.45, 7) is 3.53. The summed E-state index contributed by atoms with van der Waals surface area (Å²) in [7, 11) is 0. The van der Waals surface area contributed by atoms with Crippen LogP contribution in [0, 0.1) is 6.92 Å². The van der Waals surface area contributed by atoms with Gasteiger partial charge in [-0.15, -0.1) is 0 Å². The number of anilines is 1. The molecule has 0 spiro atoms.